The highest BCUT2D eigenvalue weighted by atomic mass is 32.2. The molecule has 0 unspecified atom stereocenters. The zero-order chi connectivity index (χ0) is 20.4. The molecule has 0 spiro atoms. The summed E-state index contributed by atoms with van der Waals surface area (Å²) in [5, 5.41) is 0. The van der Waals surface area contributed by atoms with Crippen molar-refractivity contribution in [3.05, 3.63) is 84.4 Å². The SMILES string of the molecule is O=S(=O)(Nc1ccccc1)c1ccc(NS(=O)(=O)c2cccc(F)c2F)cc1. The van der Waals surface area contributed by atoms with Crippen molar-refractivity contribution < 1.29 is 25.6 Å². The second-order valence-electron chi connectivity index (χ2n) is 5.65. The lowest BCUT2D eigenvalue weighted by Gasteiger charge is -2.11. The van der Waals surface area contributed by atoms with E-state index in [1.807, 2.05) is 0 Å². The van der Waals surface area contributed by atoms with E-state index in [2.05, 4.69) is 9.44 Å². The van der Waals surface area contributed by atoms with Crippen LogP contribution in [0.15, 0.2) is 82.6 Å². The largest absolute Gasteiger partial charge is 0.280 e. The highest BCUT2D eigenvalue weighted by Gasteiger charge is 2.22. The number of nitrogens with one attached hydrogen (secondary N) is 2. The van der Waals surface area contributed by atoms with Crippen LogP contribution in [0.4, 0.5) is 20.2 Å². The van der Waals surface area contributed by atoms with Crippen molar-refractivity contribution in [3.8, 4) is 0 Å². The highest BCUT2D eigenvalue weighted by Crippen LogP contribution is 2.22. The minimum atomic E-state index is -4.39. The average Bonchev–Trinajstić information content (AvgIpc) is 2.64. The molecule has 0 aliphatic rings. The highest BCUT2D eigenvalue weighted by molar-refractivity contribution is 7.93. The average molecular weight is 424 g/mol. The number of sulfonamides is 2. The summed E-state index contributed by atoms with van der Waals surface area (Å²) in [5.74, 6) is -2.79. The third-order valence-corrected chi connectivity index (χ3v) is 6.44. The van der Waals surface area contributed by atoms with Crippen LogP contribution in [-0.2, 0) is 20.0 Å². The summed E-state index contributed by atoms with van der Waals surface area (Å²) in [4.78, 5) is -0.953. The summed E-state index contributed by atoms with van der Waals surface area (Å²) in [5.41, 5.74) is 0.358. The number of anilines is 2. The first kappa shape index (κ1) is 19.8. The van der Waals surface area contributed by atoms with Crippen LogP contribution in [0.1, 0.15) is 0 Å². The molecule has 0 amide bonds. The third-order valence-electron chi connectivity index (χ3n) is 3.65. The van der Waals surface area contributed by atoms with E-state index in [0.29, 0.717) is 5.69 Å². The number of para-hydroxylation sites is 1. The van der Waals surface area contributed by atoms with Gasteiger partial charge in [0.05, 0.1) is 4.90 Å². The maximum absolute atomic E-state index is 13.7. The van der Waals surface area contributed by atoms with E-state index in [-0.39, 0.29) is 10.6 Å². The van der Waals surface area contributed by atoms with E-state index in [4.69, 9.17) is 0 Å². The van der Waals surface area contributed by atoms with E-state index in [1.165, 1.54) is 24.3 Å². The first-order valence-electron chi connectivity index (χ1n) is 7.84. The van der Waals surface area contributed by atoms with Crippen molar-refractivity contribution in [2.45, 2.75) is 9.79 Å². The fourth-order valence-corrected chi connectivity index (χ4v) is 4.53. The van der Waals surface area contributed by atoms with Crippen molar-refractivity contribution in [3.63, 3.8) is 0 Å². The van der Waals surface area contributed by atoms with Crippen LogP contribution < -0.4 is 9.44 Å². The lowest BCUT2D eigenvalue weighted by Crippen LogP contribution is -2.16. The number of halogens is 2. The third kappa shape index (κ3) is 4.29. The van der Waals surface area contributed by atoms with Crippen LogP contribution in [0.5, 0.6) is 0 Å². The quantitative estimate of drug-likeness (QED) is 0.633. The number of hydrogen-bond acceptors (Lipinski definition) is 4. The predicted molar refractivity (Wildman–Crippen MR) is 101 cm³/mol. The Hall–Kier alpha value is -2.98. The standard InChI is InChI=1S/C18H14F2N2O4S2/c19-16-7-4-8-17(18(16)20)28(25,26)22-14-9-11-15(12-10-14)27(23,24)21-13-5-2-1-3-6-13/h1-12,21-22H. The topological polar surface area (TPSA) is 92.3 Å². The fraction of sp³-hybridized carbons (Fsp3) is 0. The van der Waals surface area contributed by atoms with Crippen molar-refractivity contribution in [1.82, 2.24) is 0 Å². The minimum Gasteiger partial charge on any atom is -0.280 e. The van der Waals surface area contributed by atoms with E-state index in [1.54, 1.807) is 30.3 Å². The van der Waals surface area contributed by atoms with Gasteiger partial charge in [-0.1, -0.05) is 24.3 Å². The maximum Gasteiger partial charge on any atom is 0.264 e. The van der Waals surface area contributed by atoms with Crippen molar-refractivity contribution in [2.75, 3.05) is 9.44 Å². The summed E-state index contributed by atoms with van der Waals surface area (Å²) in [6.07, 6.45) is 0. The molecule has 0 radical (unpaired) electrons. The Bertz CT molecular complexity index is 1200. The summed E-state index contributed by atoms with van der Waals surface area (Å²) >= 11 is 0. The first-order valence-corrected chi connectivity index (χ1v) is 10.8. The fourth-order valence-electron chi connectivity index (χ4n) is 2.32. The van der Waals surface area contributed by atoms with Crippen LogP contribution in [0, 0.1) is 11.6 Å². The number of benzene rings is 3. The molecular weight excluding hydrogens is 410 g/mol. The maximum atomic E-state index is 13.7. The van der Waals surface area contributed by atoms with Gasteiger partial charge in [0.1, 0.15) is 4.90 Å². The zero-order valence-electron chi connectivity index (χ0n) is 14.1. The molecule has 0 bridgehead atoms. The Labute approximate surface area is 160 Å². The monoisotopic (exact) mass is 424 g/mol. The molecule has 0 aromatic heterocycles. The van der Waals surface area contributed by atoms with E-state index < -0.39 is 36.6 Å². The molecule has 0 saturated heterocycles. The summed E-state index contributed by atoms with van der Waals surface area (Å²) in [6.45, 7) is 0. The first-order chi connectivity index (χ1) is 13.2. The Balaban J connectivity index is 1.82. The van der Waals surface area contributed by atoms with Crippen LogP contribution in [0.25, 0.3) is 0 Å². The van der Waals surface area contributed by atoms with Crippen molar-refractivity contribution in [2.24, 2.45) is 0 Å². The molecule has 0 aliphatic heterocycles. The molecule has 3 aromatic rings. The Morgan fingerprint density at radius 2 is 1.18 bits per heavy atom. The van der Waals surface area contributed by atoms with E-state index in [0.717, 1.165) is 18.2 Å². The van der Waals surface area contributed by atoms with Crippen LogP contribution in [-0.4, -0.2) is 16.8 Å². The lowest BCUT2D eigenvalue weighted by atomic mass is 10.3. The minimum absolute atomic E-state index is 0.0117. The van der Waals surface area contributed by atoms with Crippen LogP contribution in [0.2, 0.25) is 0 Å². The normalized spacial score (nSPS) is 11.8. The summed E-state index contributed by atoms with van der Waals surface area (Å²) in [6, 6.07) is 15.8. The summed E-state index contributed by atoms with van der Waals surface area (Å²) < 4.78 is 80.7. The van der Waals surface area contributed by atoms with Gasteiger partial charge in [-0.3, -0.25) is 9.44 Å². The molecule has 6 nitrogen and oxygen atoms in total. The van der Waals surface area contributed by atoms with Crippen LogP contribution in [0.3, 0.4) is 0 Å². The molecular formula is C18H14F2N2O4S2. The predicted octanol–water partition coefficient (Wildman–Crippen LogP) is 3.57. The molecule has 0 aliphatic carbocycles. The molecule has 0 saturated carbocycles. The zero-order valence-corrected chi connectivity index (χ0v) is 15.8. The van der Waals surface area contributed by atoms with Crippen molar-refractivity contribution in [1.29, 1.82) is 0 Å². The molecule has 28 heavy (non-hydrogen) atoms. The molecule has 0 atom stereocenters. The molecule has 146 valence electrons. The molecule has 3 rings (SSSR count). The smallest absolute Gasteiger partial charge is 0.264 e. The van der Waals surface area contributed by atoms with Crippen molar-refractivity contribution >= 4 is 31.4 Å². The molecule has 10 heteroatoms. The van der Waals surface area contributed by atoms with Gasteiger partial charge in [0.2, 0.25) is 0 Å². The van der Waals surface area contributed by atoms with Gasteiger partial charge >= 0.3 is 0 Å². The number of rotatable bonds is 6. The van der Waals surface area contributed by atoms with Gasteiger partial charge in [-0.05, 0) is 48.5 Å². The molecule has 3 aromatic carbocycles. The van der Waals surface area contributed by atoms with Gasteiger partial charge in [0, 0.05) is 11.4 Å². The van der Waals surface area contributed by atoms with Gasteiger partial charge in [-0.25, -0.2) is 25.6 Å². The van der Waals surface area contributed by atoms with E-state index in [9.17, 15) is 25.6 Å². The van der Waals surface area contributed by atoms with Gasteiger partial charge in [0.15, 0.2) is 11.6 Å². The second kappa shape index (κ2) is 7.56. The Kier molecular flexibility index (Phi) is 5.34. The second-order valence-corrected chi connectivity index (χ2v) is 8.99. The Morgan fingerprint density at radius 1 is 0.607 bits per heavy atom. The summed E-state index contributed by atoms with van der Waals surface area (Å²) in [7, 11) is -8.27. The van der Waals surface area contributed by atoms with Gasteiger partial charge in [-0.15, -0.1) is 0 Å². The van der Waals surface area contributed by atoms with E-state index >= 15 is 0 Å². The molecule has 0 heterocycles. The number of hydrogen-bond donors (Lipinski definition) is 2. The van der Waals surface area contributed by atoms with Gasteiger partial charge in [0.25, 0.3) is 20.0 Å². The van der Waals surface area contributed by atoms with Gasteiger partial charge in [-0.2, -0.15) is 0 Å². The lowest BCUT2D eigenvalue weighted by molar-refractivity contribution is 0.485. The molecule has 0 fully saturated rings. The van der Waals surface area contributed by atoms with Crippen LogP contribution >= 0.6 is 0 Å². The Morgan fingerprint density at radius 3 is 1.82 bits per heavy atom. The molecule has 2 N–H and O–H groups in total. The van der Waals surface area contributed by atoms with Gasteiger partial charge < -0.3 is 0 Å².